The lowest BCUT2D eigenvalue weighted by Gasteiger charge is -2.15. The molecule has 0 atom stereocenters. The summed E-state index contributed by atoms with van der Waals surface area (Å²) in [5.74, 6) is -0.949. The Morgan fingerprint density at radius 2 is 1.97 bits per heavy atom. The van der Waals surface area contributed by atoms with E-state index in [1.54, 1.807) is 12.1 Å². The summed E-state index contributed by atoms with van der Waals surface area (Å²) in [6.45, 7) is 3.94. The molecule has 8 nitrogen and oxygen atoms in total. The number of methoxy groups -OCH3 is 1. The van der Waals surface area contributed by atoms with Crippen LogP contribution in [-0.2, 0) is 17.5 Å². The molecule has 3 aromatic rings. The third-order valence-electron chi connectivity index (χ3n) is 4.51. The van der Waals surface area contributed by atoms with Gasteiger partial charge in [0.2, 0.25) is 0 Å². The molecule has 2 aromatic carbocycles. The average Bonchev–Trinajstić information content (AvgIpc) is 3.24. The van der Waals surface area contributed by atoms with Crippen LogP contribution in [-0.4, -0.2) is 43.1 Å². The van der Waals surface area contributed by atoms with Crippen molar-refractivity contribution in [3.63, 3.8) is 0 Å². The largest absolute Gasteiger partial charge is 0.491 e. The summed E-state index contributed by atoms with van der Waals surface area (Å²) in [5.41, 5.74) is 0.852. The van der Waals surface area contributed by atoms with Gasteiger partial charge in [0.15, 0.2) is 5.82 Å². The molecule has 0 unspecified atom stereocenters. The van der Waals surface area contributed by atoms with Gasteiger partial charge in [0, 0.05) is 18.7 Å². The number of aromatic amines is 1. The van der Waals surface area contributed by atoms with Crippen LogP contribution < -0.4 is 15.4 Å². The van der Waals surface area contributed by atoms with Gasteiger partial charge in [0.05, 0.1) is 35.8 Å². The fourth-order valence-electron chi connectivity index (χ4n) is 2.91. The summed E-state index contributed by atoms with van der Waals surface area (Å²) in [5, 5.41) is 12.4. The van der Waals surface area contributed by atoms with Crippen LogP contribution in [0.2, 0.25) is 0 Å². The summed E-state index contributed by atoms with van der Waals surface area (Å²) >= 11 is 0. The third kappa shape index (κ3) is 6.32. The molecule has 0 saturated heterocycles. The number of benzene rings is 2. The third-order valence-corrected chi connectivity index (χ3v) is 4.51. The molecule has 33 heavy (non-hydrogen) atoms. The molecule has 1 aromatic heterocycles. The standard InChI is InChI=1S/C22H22F3N5O3/c1-26-17-5-3-4-6-18(17)27-13-15-12-20(30-29-15)28-21(31)14-7-8-19(33-10-9-32-2)16(11-14)22(23,24)25/h3-8,11-12,27H,1,9-10,13H2,2H3,(H2,28,29,30,31). The molecule has 11 heteroatoms. The number of aliphatic imine (C=N–C) groups is 1. The molecule has 1 heterocycles. The number of amides is 1. The average molecular weight is 461 g/mol. The lowest BCUT2D eigenvalue weighted by molar-refractivity contribution is -0.139. The van der Waals surface area contributed by atoms with Crippen LogP contribution in [0.25, 0.3) is 0 Å². The second kappa shape index (κ2) is 10.6. The minimum atomic E-state index is -4.69. The normalized spacial score (nSPS) is 11.2. The Balaban J connectivity index is 1.67. The first-order valence-corrected chi connectivity index (χ1v) is 9.80. The molecule has 0 aliphatic heterocycles. The first-order valence-electron chi connectivity index (χ1n) is 9.80. The van der Waals surface area contributed by atoms with Crippen LogP contribution in [0, 0.1) is 0 Å². The van der Waals surface area contributed by atoms with Gasteiger partial charge in [0.25, 0.3) is 5.91 Å². The van der Waals surface area contributed by atoms with Crippen molar-refractivity contribution in [2.75, 3.05) is 31.0 Å². The number of para-hydroxylation sites is 2. The van der Waals surface area contributed by atoms with E-state index in [1.807, 2.05) is 18.2 Å². The quantitative estimate of drug-likeness (QED) is 0.301. The maximum atomic E-state index is 13.4. The van der Waals surface area contributed by atoms with E-state index in [0.29, 0.717) is 17.9 Å². The predicted octanol–water partition coefficient (Wildman–Crippen LogP) is 4.65. The van der Waals surface area contributed by atoms with Crippen molar-refractivity contribution in [2.24, 2.45) is 4.99 Å². The summed E-state index contributed by atoms with van der Waals surface area (Å²) in [4.78, 5) is 16.4. The lowest BCUT2D eigenvalue weighted by Crippen LogP contribution is -2.16. The zero-order valence-corrected chi connectivity index (χ0v) is 17.7. The molecular formula is C22H22F3N5O3. The van der Waals surface area contributed by atoms with Crippen LogP contribution in [0.4, 0.5) is 30.4 Å². The highest BCUT2D eigenvalue weighted by Gasteiger charge is 2.35. The summed E-state index contributed by atoms with van der Waals surface area (Å²) in [6, 6.07) is 12.0. The number of ether oxygens (including phenoxy) is 2. The number of H-pyrrole nitrogens is 1. The van der Waals surface area contributed by atoms with Gasteiger partial charge in [-0.05, 0) is 37.0 Å². The monoisotopic (exact) mass is 461 g/mol. The van der Waals surface area contributed by atoms with Gasteiger partial charge in [-0.3, -0.25) is 14.9 Å². The fourth-order valence-corrected chi connectivity index (χ4v) is 2.91. The highest BCUT2D eigenvalue weighted by atomic mass is 19.4. The van der Waals surface area contributed by atoms with Crippen LogP contribution in [0.15, 0.2) is 53.5 Å². The zero-order valence-electron chi connectivity index (χ0n) is 17.7. The molecule has 3 N–H and O–H groups in total. The van der Waals surface area contributed by atoms with Crippen LogP contribution in [0.5, 0.6) is 5.75 Å². The first kappa shape index (κ1) is 23.8. The first-order chi connectivity index (χ1) is 15.8. The molecule has 1 amide bonds. The van der Waals surface area contributed by atoms with Crippen molar-refractivity contribution < 1.29 is 27.4 Å². The van der Waals surface area contributed by atoms with E-state index in [1.165, 1.54) is 13.2 Å². The number of aromatic nitrogens is 2. The maximum Gasteiger partial charge on any atom is 0.419 e. The molecule has 0 bridgehead atoms. The van der Waals surface area contributed by atoms with Crippen molar-refractivity contribution in [3.8, 4) is 5.75 Å². The number of carbonyl (C=O) groups is 1. The highest BCUT2D eigenvalue weighted by molar-refractivity contribution is 6.04. The smallest absolute Gasteiger partial charge is 0.419 e. The number of hydrogen-bond donors (Lipinski definition) is 3. The van der Waals surface area contributed by atoms with E-state index in [4.69, 9.17) is 9.47 Å². The van der Waals surface area contributed by atoms with Gasteiger partial charge in [-0.15, -0.1) is 0 Å². The van der Waals surface area contributed by atoms with Crippen LogP contribution in [0.3, 0.4) is 0 Å². The Labute approximate surface area is 187 Å². The van der Waals surface area contributed by atoms with Gasteiger partial charge >= 0.3 is 6.18 Å². The van der Waals surface area contributed by atoms with Crippen molar-refractivity contribution in [1.82, 2.24) is 10.2 Å². The second-order valence-electron chi connectivity index (χ2n) is 6.81. The number of carbonyl (C=O) groups excluding carboxylic acids is 1. The van der Waals surface area contributed by atoms with Gasteiger partial charge < -0.3 is 20.1 Å². The Hall–Kier alpha value is -3.86. The van der Waals surface area contributed by atoms with E-state index in [-0.39, 0.29) is 30.3 Å². The minimum absolute atomic E-state index is 0.0530. The number of nitrogens with zero attached hydrogens (tertiary/aromatic N) is 2. The Morgan fingerprint density at radius 1 is 1.18 bits per heavy atom. The van der Waals surface area contributed by atoms with E-state index < -0.39 is 17.6 Å². The Bertz CT molecular complexity index is 1110. The maximum absolute atomic E-state index is 13.4. The van der Waals surface area contributed by atoms with Crippen molar-refractivity contribution in [1.29, 1.82) is 0 Å². The molecule has 174 valence electrons. The van der Waals surface area contributed by atoms with Gasteiger partial charge in [0.1, 0.15) is 12.4 Å². The van der Waals surface area contributed by atoms with Gasteiger partial charge in [-0.2, -0.15) is 18.3 Å². The number of anilines is 2. The Kier molecular flexibility index (Phi) is 7.67. The molecule has 0 aliphatic carbocycles. The summed E-state index contributed by atoms with van der Waals surface area (Å²) in [7, 11) is 1.41. The van der Waals surface area contributed by atoms with Gasteiger partial charge in [-0.1, -0.05) is 12.1 Å². The lowest BCUT2D eigenvalue weighted by atomic mass is 10.1. The van der Waals surface area contributed by atoms with E-state index >= 15 is 0 Å². The molecule has 0 radical (unpaired) electrons. The van der Waals surface area contributed by atoms with Gasteiger partial charge in [-0.25, -0.2) is 0 Å². The van der Waals surface area contributed by atoms with Crippen LogP contribution in [0.1, 0.15) is 21.6 Å². The van der Waals surface area contributed by atoms with E-state index in [0.717, 1.165) is 17.8 Å². The van der Waals surface area contributed by atoms with Crippen LogP contribution >= 0.6 is 0 Å². The predicted molar refractivity (Wildman–Crippen MR) is 118 cm³/mol. The topological polar surface area (TPSA) is 101 Å². The summed E-state index contributed by atoms with van der Waals surface area (Å²) < 4.78 is 50.2. The Morgan fingerprint density at radius 3 is 2.70 bits per heavy atom. The minimum Gasteiger partial charge on any atom is -0.491 e. The molecular weight excluding hydrogens is 439 g/mol. The number of nitrogens with one attached hydrogen (secondary N) is 3. The van der Waals surface area contributed by atoms with Crippen molar-refractivity contribution >= 4 is 29.8 Å². The van der Waals surface area contributed by atoms with E-state index in [9.17, 15) is 18.0 Å². The number of halogens is 3. The van der Waals surface area contributed by atoms with Crippen molar-refractivity contribution in [2.45, 2.75) is 12.7 Å². The second-order valence-corrected chi connectivity index (χ2v) is 6.81. The molecule has 0 saturated carbocycles. The fraction of sp³-hybridized carbons (Fsp3) is 0.227. The summed E-state index contributed by atoms with van der Waals surface area (Å²) in [6.07, 6.45) is -4.69. The molecule has 3 rings (SSSR count). The highest BCUT2D eigenvalue weighted by Crippen LogP contribution is 2.37. The number of rotatable bonds is 10. The molecule has 0 fully saturated rings. The number of hydrogen-bond acceptors (Lipinski definition) is 6. The SMILES string of the molecule is C=Nc1ccccc1NCc1cc(NC(=O)c2ccc(OCCOC)c(C(F)(F)F)c2)n[nH]1. The number of alkyl halides is 3. The zero-order chi connectivity index (χ0) is 23.8. The molecule has 0 aliphatic rings. The van der Waals surface area contributed by atoms with Crippen molar-refractivity contribution in [3.05, 3.63) is 65.4 Å². The molecule has 0 spiro atoms. The van der Waals surface area contributed by atoms with E-state index in [2.05, 4.69) is 32.5 Å².